The second-order valence-electron chi connectivity index (χ2n) is 7.11. The van der Waals surface area contributed by atoms with Gasteiger partial charge in [-0.05, 0) is 43.1 Å². The third kappa shape index (κ3) is 3.53. The van der Waals surface area contributed by atoms with Crippen LogP contribution in [0, 0.1) is 11.8 Å². The molecular formula is C18H24N2O3S. The van der Waals surface area contributed by atoms with Gasteiger partial charge in [0.2, 0.25) is 0 Å². The van der Waals surface area contributed by atoms with Crippen LogP contribution in [0.4, 0.5) is 0 Å². The van der Waals surface area contributed by atoms with Gasteiger partial charge in [-0.1, -0.05) is 20.8 Å². The van der Waals surface area contributed by atoms with E-state index in [1.165, 1.54) is 15.8 Å². The Morgan fingerprint density at radius 2 is 2.29 bits per heavy atom. The van der Waals surface area contributed by atoms with Crippen LogP contribution in [-0.2, 0) is 28.9 Å². The summed E-state index contributed by atoms with van der Waals surface area (Å²) in [5.74, 6) is 0.763. The average Bonchev–Trinajstić information content (AvgIpc) is 2.87. The molecule has 2 heterocycles. The van der Waals surface area contributed by atoms with E-state index in [1.807, 2.05) is 0 Å². The number of esters is 1. The second-order valence-corrected chi connectivity index (χ2v) is 8.20. The van der Waals surface area contributed by atoms with E-state index >= 15 is 0 Å². The molecule has 2 aromatic rings. The SMILES string of the molecule is CC(C)CCOC(=O)Cn1cnc2sc3c(c2c1=O)CC[C@@H](C)C3. The van der Waals surface area contributed by atoms with Crippen LogP contribution in [0.3, 0.4) is 0 Å². The van der Waals surface area contributed by atoms with Crippen molar-refractivity contribution in [3.8, 4) is 0 Å². The van der Waals surface area contributed by atoms with E-state index in [0.717, 1.165) is 36.1 Å². The van der Waals surface area contributed by atoms with E-state index in [9.17, 15) is 9.59 Å². The molecule has 24 heavy (non-hydrogen) atoms. The van der Waals surface area contributed by atoms with Gasteiger partial charge >= 0.3 is 5.97 Å². The summed E-state index contributed by atoms with van der Waals surface area (Å²) < 4.78 is 6.59. The Hall–Kier alpha value is -1.69. The van der Waals surface area contributed by atoms with Gasteiger partial charge in [0.25, 0.3) is 5.56 Å². The van der Waals surface area contributed by atoms with Crippen molar-refractivity contribution in [1.29, 1.82) is 0 Å². The lowest BCUT2D eigenvalue weighted by molar-refractivity contribution is -0.144. The fraction of sp³-hybridized carbons (Fsp3) is 0.611. The van der Waals surface area contributed by atoms with Crippen molar-refractivity contribution in [2.75, 3.05) is 6.61 Å². The molecule has 0 saturated carbocycles. The monoisotopic (exact) mass is 348 g/mol. The highest BCUT2D eigenvalue weighted by Crippen LogP contribution is 2.35. The summed E-state index contributed by atoms with van der Waals surface area (Å²) >= 11 is 1.62. The highest BCUT2D eigenvalue weighted by Gasteiger charge is 2.23. The van der Waals surface area contributed by atoms with E-state index in [2.05, 4.69) is 25.8 Å². The van der Waals surface area contributed by atoms with Crippen molar-refractivity contribution in [2.24, 2.45) is 11.8 Å². The van der Waals surface area contributed by atoms with Crippen LogP contribution in [-0.4, -0.2) is 22.1 Å². The predicted molar refractivity (Wildman–Crippen MR) is 95.5 cm³/mol. The molecule has 130 valence electrons. The summed E-state index contributed by atoms with van der Waals surface area (Å²) in [5, 5.41) is 0.708. The Kier molecular flexibility index (Phi) is 5.04. The fourth-order valence-corrected chi connectivity index (χ4v) is 4.41. The molecular weight excluding hydrogens is 324 g/mol. The number of nitrogens with zero attached hydrogens (tertiary/aromatic N) is 2. The van der Waals surface area contributed by atoms with Crippen molar-refractivity contribution in [1.82, 2.24) is 9.55 Å². The number of carbonyl (C=O) groups is 1. The number of rotatable bonds is 5. The largest absolute Gasteiger partial charge is 0.464 e. The maximum Gasteiger partial charge on any atom is 0.326 e. The normalized spacial score (nSPS) is 17.2. The number of hydrogen-bond acceptors (Lipinski definition) is 5. The molecule has 0 saturated heterocycles. The van der Waals surface area contributed by atoms with Crippen LogP contribution in [0.1, 0.15) is 44.1 Å². The molecule has 2 aromatic heterocycles. The average molecular weight is 348 g/mol. The van der Waals surface area contributed by atoms with E-state index in [-0.39, 0.29) is 18.1 Å². The van der Waals surface area contributed by atoms with Crippen molar-refractivity contribution < 1.29 is 9.53 Å². The van der Waals surface area contributed by atoms with Gasteiger partial charge in [-0.15, -0.1) is 11.3 Å². The third-order valence-corrected chi connectivity index (χ3v) is 5.70. The summed E-state index contributed by atoms with van der Waals surface area (Å²) in [6, 6.07) is 0. The van der Waals surface area contributed by atoms with Crippen molar-refractivity contribution >= 4 is 27.5 Å². The van der Waals surface area contributed by atoms with Crippen LogP contribution in [0.15, 0.2) is 11.1 Å². The Balaban J connectivity index is 1.81. The lowest BCUT2D eigenvalue weighted by Crippen LogP contribution is -2.26. The summed E-state index contributed by atoms with van der Waals surface area (Å²) in [6.07, 6.45) is 5.35. The van der Waals surface area contributed by atoms with Gasteiger partial charge < -0.3 is 4.74 Å². The van der Waals surface area contributed by atoms with E-state index < -0.39 is 0 Å². The molecule has 6 heteroatoms. The smallest absolute Gasteiger partial charge is 0.326 e. The van der Waals surface area contributed by atoms with Crippen LogP contribution < -0.4 is 5.56 Å². The van der Waals surface area contributed by atoms with E-state index in [4.69, 9.17) is 4.74 Å². The summed E-state index contributed by atoms with van der Waals surface area (Å²) in [5.41, 5.74) is 1.03. The highest BCUT2D eigenvalue weighted by atomic mass is 32.1. The lowest BCUT2D eigenvalue weighted by atomic mass is 9.89. The van der Waals surface area contributed by atoms with Crippen LogP contribution in [0.5, 0.6) is 0 Å². The molecule has 0 spiro atoms. The van der Waals surface area contributed by atoms with Gasteiger partial charge in [-0.25, -0.2) is 4.98 Å². The zero-order valence-corrected chi connectivity index (χ0v) is 15.3. The molecule has 0 aromatic carbocycles. The number of hydrogen-bond donors (Lipinski definition) is 0. The molecule has 0 radical (unpaired) electrons. The zero-order chi connectivity index (χ0) is 17.3. The van der Waals surface area contributed by atoms with Gasteiger partial charge in [-0.3, -0.25) is 14.2 Å². The number of aromatic nitrogens is 2. The molecule has 0 aliphatic heterocycles. The highest BCUT2D eigenvalue weighted by molar-refractivity contribution is 7.18. The summed E-state index contributed by atoms with van der Waals surface area (Å²) in [4.78, 5) is 31.2. The number of thiophene rings is 1. The van der Waals surface area contributed by atoms with Crippen molar-refractivity contribution in [2.45, 2.75) is 53.0 Å². The Bertz CT molecular complexity index is 806. The van der Waals surface area contributed by atoms with Gasteiger partial charge in [0.15, 0.2) is 0 Å². The molecule has 5 nitrogen and oxygen atoms in total. The Morgan fingerprint density at radius 1 is 1.50 bits per heavy atom. The standard InChI is InChI=1S/C18H24N2O3S/c1-11(2)6-7-23-15(21)9-20-10-19-17-16(18(20)22)13-5-4-12(3)8-14(13)24-17/h10-12H,4-9H2,1-3H3/t12-/m1/s1. The lowest BCUT2D eigenvalue weighted by Gasteiger charge is -2.17. The molecule has 0 bridgehead atoms. The number of ether oxygens (including phenoxy) is 1. The Morgan fingerprint density at radius 3 is 3.04 bits per heavy atom. The quantitative estimate of drug-likeness (QED) is 0.779. The third-order valence-electron chi connectivity index (χ3n) is 4.54. The first kappa shape index (κ1) is 17.1. The fourth-order valence-electron chi connectivity index (χ4n) is 3.07. The van der Waals surface area contributed by atoms with Gasteiger partial charge in [0.1, 0.15) is 11.4 Å². The van der Waals surface area contributed by atoms with Crippen molar-refractivity contribution in [3.63, 3.8) is 0 Å². The van der Waals surface area contributed by atoms with Crippen molar-refractivity contribution in [3.05, 3.63) is 27.1 Å². The topological polar surface area (TPSA) is 61.2 Å². The predicted octanol–water partition coefficient (Wildman–Crippen LogP) is 3.17. The summed E-state index contributed by atoms with van der Waals surface area (Å²) in [7, 11) is 0. The number of fused-ring (bicyclic) bond motifs is 3. The molecule has 1 aliphatic carbocycles. The van der Waals surface area contributed by atoms with Gasteiger partial charge in [-0.2, -0.15) is 0 Å². The molecule has 1 atom stereocenters. The maximum atomic E-state index is 12.8. The molecule has 3 rings (SSSR count). The number of carbonyl (C=O) groups excluding carboxylic acids is 1. The van der Waals surface area contributed by atoms with Crippen LogP contribution >= 0.6 is 11.3 Å². The zero-order valence-electron chi connectivity index (χ0n) is 14.5. The van der Waals surface area contributed by atoms with Gasteiger partial charge in [0, 0.05) is 4.88 Å². The van der Waals surface area contributed by atoms with E-state index in [1.54, 1.807) is 11.3 Å². The van der Waals surface area contributed by atoms with Crippen LogP contribution in [0.2, 0.25) is 0 Å². The summed E-state index contributed by atoms with van der Waals surface area (Å²) in [6.45, 7) is 6.73. The van der Waals surface area contributed by atoms with Gasteiger partial charge in [0.05, 0.1) is 18.3 Å². The minimum atomic E-state index is -0.378. The molecule has 0 fully saturated rings. The first-order chi connectivity index (χ1) is 11.5. The first-order valence-corrected chi connectivity index (χ1v) is 9.42. The molecule has 0 amide bonds. The number of aryl methyl sites for hydroxylation is 1. The second kappa shape index (κ2) is 7.05. The van der Waals surface area contributed by atoms with Crippen LogP contribution in [0.25, 0.3) is 10.2 Å². The minimum absolute atomic E-state index is 0.0686. The molecule has 0 unspecified atom stereocenters. The Labute approximate surface area is 145 Å². The molecule has 1 aliphatic rings. The maximum absolute atomic E-state index is 12.8. The first-order valence-electron chi connectivity index (χ1n) is 8.61. The minimum Gasteiger partial charge on any atom is -0.464 e. The molecule has 0 N–H and O–H groups in total. The van der Waals surface area contributed by atoms with E-state index in [0.29, 0.717) is 23.8 Å².